The van der Waals surface area contributed by atoms with Crippen LogP contribution in [0.5, 0.6) is 0 Å². The van der Waals surface area contributed by atoms with Crippen LogP contribution >= 0.6 is 11.3 Å². The van der Waals surface area contributed by atoms with Crippen molar-refractivity contribution in [2.45, 2.75) is 6.42 Å². The van der Waals surface area contributed by atoms with Crippen LogP contribution in [0, 0.1) is 0 Å². The maximum Gasteiger partial charge on any atom is 0.257 e. The normalized spacial score (nSPS) is 10.2. The summed E-state index contributed by atoms with van der Waals surface area (Å²) in [6.07, 6.45) is 1.70. The number of pyridine rings is 1. The van der Waals surface area contributed by atoms with E-state index < -0.39 is 0 Å². The van der Waals surface area contributed by atoms with E-state index in [1.807, 2.05) is 6.07 Å². The lowest BCUT2D eigenvalue weighted by molar-refractivity contribution is -0.115. The lowest BCUT2D eigenvalue weighted by Crippen LogP contribution is -2.15. The van der Waals surface area contributed by atoms with Gasteiger partial charge in [0.1, 0.15) is 5.82 Å². The molecule has 132 valence electrons. The van der Waals surface area contributed by atoms with Crippen molar-refractivity contribution >= 4 is 39.8 Å². The van der Waals surface area contributed by atoms with Crippen LogP contribution in [0.2, 0.25) is 0 Å². The number of amides is 2. The minimum absolute atomic E-state index is 0.117. The average Bonchev–Trinajstić information content (AvgIpc) is 3.09. The summed E-state index contributed by atoms with van der Waals surface area (Å²) in [5.41, 5.74) is 1.76. The van der Waals surface area contributed by atoms with Gasteiger partial charge >= 0.3 is 0 Å². The molecule has 0 saturated carbocycles. The van der Waals surface area contributed by atoms with Gasteiger partial charge in [0.15, 0.2) is 5.13 Å². The van der Waals surface area contributed by atoms with Crippen LogP contribution in [0.15, 0.2) is 54.0 Å². The summed E-state index contributed by atoms with van der Waals surface area (Å²) in [7, 11) is 1.77. The zero-order valence-corrected chi connectivity index (χ0v) is 14.8. The van der Waals surface area contributed by atoms with Gasteiger partial charge in [-0.3, -0.25) is 14.9 Å². The van der Waals surface area contributed by atoms with Gasteiger partial charge in [-0.2, -0.15) is 0 Å². The van der Waals surface area contributed by atoms with Crippen LogP contribution in [0.25, 0.3) is 0 Å². The molecular formula is C18H17N5O2S. The summed E-state index contributed by atoms with van der Waals surface area (Å²) < 4.78 is 0. The number of aromatic nitrogens is 2. The van der Waals surface area contributed by atoms with Crippen LogP contribution < -0.4 is 16.0 Å². The van der Waals surface area contributed by atoms with Crippen LogP contribution in [0.1, 0.15) is 16.1 Å². The predicted molar refractivity (Wildman–Crippen MR) is 103 cm³/mol. The van der Waals surface area contributed by atoms with Crippen molar-refractivity contribution in [2.75, 3.05) is 23.0 Å². The van der Waals surface area contributed by atoms with Gasteiger partial charge in [-0.25, -0.2) is 9.97 Å². The van der Waals surface area contributed by atoms with E-state index in [4.69, 9.17) is 0 Å². The molecule has 26 heavy (non-hydrogen) atoms. The van der Waals surface area contributed by atoms with E-state index in [2.05, 4.69) is 25.9 Å². The second-order valence-electron chi connectivity index (χ2n) is 5.37. The number of rotatable bonds is 6. The lowest BCUT2D eigenvalue weighted by Gasteiger charge is -2.05. The van der Waals surface area contributed by atoms with E-state index in [1.165, 1.54) is 11.3 Å². The number of thiazole rings is 1. The second kappa shape index (κ2) is 8.21. The molecule has 0 atom stereocenters. The summed E-state index contributed by atoms with van der Waals surface area (Å²) in [5, 5.41) is 10.6. The number of nitrogens with zero attached hydrogens (tertiary/aromatic N) is 2. The number of carbonyl (C=O) groups is 2. The van der Waals surface area contributed by atoms with Gasteiger partial charge in [0.2, 0.25) is 5.91 Å². The first-order valence-electron chi connectivity index (χ1n) is 7.88. The number of anilines is 3. The smallest absolute Gasteiger partial charge is 0.257 e. The molecule has 7 nitrogen and oxygen atoms in total. The van der Waals surface area contributed by atoms with Crippen LogP contribution in [0.4, 0.5) is 16.6 Å². The Balaban J connectivity index is 1.55. The number of carbonyl (C=O) groups excluding carboxylic acids is 2. The zero-order chi connectivity index (χ0) is 18.4. The van der Waals surface area contributed by atoms with Crippen molar-refractivity contribution in [3.05, 3.63) is 65.3 Å². The molecule has 0 unspecified atom stereocenters. The highest BCUT2D eigenvalue weighted by atomic mass is 32.1. The molecule has 1 aromatic carbocycles. The van der Waals surface area contributed by atoms with Crippen LogP contribution in [0.3, 0.4) is 0 Å². The molecule has 0 aliphatic carbocycles. The molecule has 3 rings (SSSR count). The molecule has 2 heterocycles. The molecule has 0 bridgehead atoms. The minimum atomic E-state index is -0.230. The molecule has 0 fully saturated rings. The summed E-state index contributed by atoms with van der Waals surface area (Å²) in [6.45, 7) is 0. The Morgan fingerprint density at radius 3 is 2.58 bits per heavy atom. The standard InChI is InChI=1S/C18H17N5O2S/c1-19-15-8-7-13(10-20-15)21-16(24)9-14-11-26-18(22-14)23-17(25)12-5-3-2-4-6-12/h2-8,10-11H,9H2,1H3,(H,19,20)(H,21,24)(H,22,23,25). The lowest BCUT2D eigenvalue weighted by atomic mass is 10.2. The third kappa shape index (κ3) is 4.64. The molecule has 8 heteroatoms. The van der Waals surface area contributed by atoms with Crippen molar-refractivity contribution < 1.29 is 9.59 Å². The Hall–Kier alpha value is -3.26. The fourth-order valence-corrected chi connectivity index (χ4v) is 2.90. The van der Waals surface area contributed by atoms with Crippen molar-refractivity contribution in [1.29, 1.82) is 0 Å². The molecule has 0 spiro atoms. The third-order valence-corrected chi connectivity index (χ3v) is 4.26. The SMILES string of the molecule is CNc1ccc(NC(=O)Cc2csc(NC(=O)c3ccccc3)n2)cn1. The highest BCUT2D eigenvalue weighted by Crippen LogP contribution is 2.17. The summed E-state index contributed by atoms with van der Waals surface area (Å²) in [6, 6.07) is 12.4. The molecular weight excluding hydrogens is 350 g/mol. The van der Waals surface area contributed by atoms with Crippen molar-refractivity contribution in [2.24, 2.45) is 0 Å². The van der Waals surface area contributed by atoms with Crippen LogP contribution in [-0.2, 0) is 11.2 Å². The van der Waals surface area contributed by atoms with Crippen molar-refractivity contribution in [3.63, 3.8) is 0 Å². The van der Waals surface area contributed by atoms with Gasteiger partial charge in [0.25, 0.3) is 5.91 Å². The number of nitrogens with one attached hydrogen (secondary N) is 3. The third-order valence-electron chi connectivity index (χ3n) is 3.45. The topological polar surface area (TPSA) is 96.0 Å². The molecule has 0 saturated heterocycles. The van der Waals surface area contributed by atoms with E-state index in [1.54, 1.807) is 55.0 Å². The highest BCUT2D eigenvalue weighted by Gasteiger charge is 2.11. The van der Waals surface area contributed by atoms with Gasteiger partial charge in [-0.1, -0.05) is 18.2 Å². The Kier molecular flexibility index (Phi) is 5.55. The van der Waals surface area contributed by atoms with Crippen LogP contribution in [-0.4, -0.2) is 28.8 Å². The van der Waals surface area contributed by atoms with Gasteiger partial charge in [-0.05, 0) is 24.3 Å². The molecule has 2 aromatic heterocycles. The maximum atomic E-state index is 12.1. The molecule has 0 radical (unpaired) electrons. The van der Waals surface area contributed by atoms with Gasteiger partial charge in [0.05, 0.1) is 24.0 Å². The summed E-state index contributed by atoms with van der Waals surface area (Å²) in [5.74, 6) is 0.295. The second-order valence-corrected chi connectivity index (χ2v) is 6.23. The maximum absolute atomic E-state index is 12.1. The van der Waals surface area contributed by atoms with Crippen molar-refractivity contribution in [1.82, 2.24) is 9.97 Å². The molecule has 0 aliphatic rings. The summed E-state index contributed by atoms with van der Waals surface area (Å²) >= 11 is 1.28. The summed E-state index contributed by atoms with van der Waals surface area (Å²) in [4.78, 5) is 32.6. The zero-order valence-electron chi connectivity index (χ0n) is 14.0. The quantitative estimate of drug-likeness (QED) is 0.622. The minimum Gasteiger partial charge on any atom is -0.373 e. The van der Waals surface area contributed by atoms with E-state index in [0.29, 0.717) is 22.1 Å². The molecule has 0 aliphatic heterocycles. The van der Waals surface area contributed by atoms with Gasteiger partial charge in [0, 0.05) is 18.0 Å². The van der Waals surface area contributed by atoms with E-state index in [0.717, 1.165) is 5.82 Å². The molecule has 2 amide bonds. The first-order valence-corrected chi connectivity index (χ1v) is 8.76. The van der Waals surface area contributed by atoms with E-state index >= 15 is 0 Å². The Labute approximate surface area is 154 Å². The number of hydrogen-bond acceptors (Lipinski definition) is 6. The number of benzene rings is 1. The molecule has 3 N–H and O–H groups in total. The van der Waals surface area contributed by atoms with Gasteiger partial charge < -0.3 is 10.6 Å². The number of hydrogen-bond donors (Lipinski definition) is 3. The van der Waals surface area contributed by atoms with Crippen molar-refractivity contribution in [3.8, 4) is 0 Å². The monoisotopic (exact) mass is 367 g/mol. The Morgan fingerprint density at radius 2 is 1.88 bits per heavy atom. The fourth-order valence-electron chi connectivity index (χ4n) is 2.19. The Morgan fingerprint density at radius 1 is 1.08 bits per heavy atom. The van der Waals surface area contributed by atoms with E-state index in [9.17, 15) is 9.59 Å². The Bertz CT molecular complexity index is 893. The average molecular weight is 367 g/mol. The van der Waals surface area contributed by atoms with E-state index in [-0.39, 0.29) is 18.2 Å². The highest BCUT2D eigenvalue weighted by molar-refractivity contribution is 7.14. The fraction of sp³-hybridized carbons (Fsp3) is 0.111. The first kappa shape index (κ1) is 17.6. The predicted octanol–water partition coefficient (Wildman–Crippen LogP) is 3.01. The largest absolute Gasteiger partial charge is 0.373 e. The molecule has 3 aromatic rings. The van der Waals surface area contributed by atoms with Gasteiger partial charge in [-0.15, -0.1) is 11.3 Å². The first-order chi connectivity index (χ1) is 12.6.